The fourth-order valence-corrected chi connectivity index (χ4v) is 3.25. The first kappa shape index (κ1) is 14.0. The lowest BCUT2D eigenvalue weighted by molar-refractivity contribution is 0.0994. The summed E-state index contributed by atoms with van der Waals surface area (Å²) >= 11 is 5.88. The van der Waals surface area contributed by atoms with Gasteiger partial charge >= 0.3 is 0 Å². The third-order valence-corrected chi connectivity index (χ3v) is 4.16. The van der Waals surface area contributed by atoms with Crippen LogP contribution >= 0.6 is 11.6 Å². The molecule has 21 heavy (non-hydrogen) atoms. The van der Waals surface area contributed by atoms with Crippen molar-refractivity contribution in [2.45, 2.75) is 27.2 Å². The van der Waals surface area contributed by atoms with E-state index in [0.29, 0.717) is 23.3 Å². The van der Waals surface area contributed by atoms with Crippen LogP contribution in [0.2, 0.25) is 0 Å². The SMILES string of the molecule is Cc1nn(-c2ccccn2)c2c1C(=O)C(=CCl)C(C)(C)C2. The minimum absolute atomic E-state index is 0.0315. The molecule has 0 atom stereocenters. The second-order valence-electron chi connectivity index (χ2n) is 5.92. The number of carbonyl (C=O) groups excluding carboxylic acids is 1. The molecule has 0 amide bonds. The Kier molecular flexibility index (Phi) is 3.21. The molecule has 5 heteroatoms. The van der Waals surface area contributed by atoms with Crippen molar-refractivity contribution in [3.8, 4) is 5.82 Å². The molecule has 0 bridgehead atoms. The molecule has 0 spiro atoms. The third-order valence-electron chi connectivity index (χ3n) is 3.94. The maximum Gasteiger partial charge on any atom is 0.194 e. The molecule has 0 saturated carbocycles. The van der Waals surface area contributed by atoms with E-state index in [1.807, 2.05) is 39.0 Å². The van der Waals surface area contributed by atoms with Crippen LogP contribution in [0.15, 0.2) is 35.5 Å². The molecule has 0 unspecified atom stereocenters. The number of ketones is 1. The van der Waals surface area contributed by atoms with E-state index in [1.54, 1.807) is 10.9 Å². The second kappa shape index (κ2) is 4.81. The van der Waals surface area contributed by atoms with E-state index in [2.05, 4.69) is 10.1 Å². The Hall–Kier alpha value is -1.94. The van der Waals surface area contributed by atoms with E-state index in [9.17, 15) is 4.79 Å². The first-order valence-electron chi connectivity index (χ1n) is 6.81. The predicted molar refractivity (Wildman–Crippen MR) is 81.8 cm³/mol. The minimum atomic E-state index is -0.315. The van der Waals surface area contributed by atoms with E-state index in [0.717, 1.165) is 11.5 Å². The van der Waals surface area contributed by atoms with Crippen molar-refractivity contribution in [3.63, 3.8) is 0 Å². The van der Waals surface area contributed by atoms with Gasteiger partial charge in [0.25, 0.3) is 0 Å². The summed E-state index contributed by atoms with van der Waals surface area (Å²) in [5.74, 6) is 0.694. The zero-order chi connectivity index (χ0) is 15.2. The van der Waals surface area contributed by atoms with Crippen LogP contribution in [0.4, 0.5) is 0 Å². The summed E-state index contributed by atoms with van der Waals surface area (Å²) in [5, 5.41) is 4.51. The number of aryl methyl sites for hydroxylation is 1. The van der Waals surface area contributed by atoms with Gasteiger partial charge in [-0.25, -0.2) is 9.67 Å². The molecule has 108 valence electrons. The monoisotopic (exact) mass is 301 g/mol. The number of fused-ring (bicyclic) bond motifs is 1. The van der Waals surface area contributed by atoms with Crippen molar-refractivity contribution in [2.75, 3.05) is 0 Å². The molecule has 3 rings (SSSR count). The van der Waals surface area contributed by atoms with Crippen LogP contribution < -0.4 is 0 Å². The number of allylic oxidation sites excluding steroid dienone is 1. The Balaban J connectivity index is 2.24. The van der Waals surface area contributed by atoms with E-state index < -0.39 is 0 Å². The molecule has 0 aromatic carbocycles. The molecule has 1 aliphatic carbocycles. The van der Waals surface area contributed by atoms with Crippen LogP contribution in [0.5, 0.6) is 0 Å². The standard InChI is InChI=1S/C16H16ClN3O/c1-10-14-12(8-16(2,3)11(9-17)15(14)21)20(19-10)13-6-4-5-7-18-13/h4-7,9H,8H2,1-3H3. The first-order valence-corrected chi connectivity index (χ1v) is 7.25. The number of halogens is 1. The van der Waals surface area contributed by atoms with Crippen molar-refractivity contribution in [1.29, 1.82) is 0 Å². The summed E-state index contributed by atoms with van der Waals surface area (Å²) in [6.45, 7) is 5.89. The highest BCUT2D eigenvalue weighted by Gasteiger charge is 2.40. The molecule has 0 fully saturated rings. The van der Waals surface area contributed by atoms with Crippen molar-refractivity contribution in [2.24, 2.45) is 5.41 Å². The van der Waals surface area contributed by atoms with Crippen LogP contribution in [-0.2, 0) is 6.42 Å². The van der Waals surface area contributed by atoms with Gasteiger partial charge in [-0.1, -0.05) is 31.5 Å². The smallest absolute Gasteiger partial charge is 0.194 e. The number of carbonyl (C=O) groups is 1. The molecular weight excluding hydrogens is 286 g/mol. The summed E-state index contributed by atoms with van der Waals surface area (Å²) in [6.07, 6.45) is 2.42. The van der Waals surface area contributed by atoms with Crippen molar-refractivity contribution in [1.82, 2.24) is 14.8 Å². The highest BCUT2D eigenvalue weighted by atomic mass is 35.5. The van der Waals surface area contributed by atoms with Crippen LogP contribution in [0.25, 0.3) is 5.82 Å². The zero-order valence-corrected chi connectivity index (χ0v) is 13.0. The summed E-state index contributed by atoms with van der Waals surface area (Å²) in [4.78, 5) is 17.0. The van der Waals surface area contributed by atoms with Gasteiger partial charge in [0, 0.05) is 17.3 Å². The highest BCUT2D eigenvalue weighted by molar-refractivity contribution is 6.29. The number of hydrogen-bond acceptors (Lipinski definition) is 3. The van der Waals surface area contributed by atoms with Gasteiger partial charge in [0.1, 0.15) is 0 Å². The van der Waals surface area contributed by atoms with E-state index in [1.165, 1.54) is 5.54 Å². The van der Waals surface area contributed by atoms with E-state index in [-0.39, 0.29) is 11.2 Å². The number of rotatable bonds is 1. The minimum Gasteiger partial charge on any atom is -0.289 e. The number of hydrogen-bond donors (Lipinski definition) is 0. The lowest BCUT2D eigenvalue weighted by atomic mass is 9.72. The zero-order valence-electron chi connectivity index (χ0n) is 12.2. The van der Waals surface area contributed by atoms with Crippen LogP contribution in [0, 0.1) is 12.3 Å². The maximum atomic E-state index is 12.7. The van der Waals surface area contributed by atoms with Gasteiger partial charge in [-0.3, -0.25) is 4.79 Å². The summed E-state index contributed by atoms with van der Waals surface area (Å²) in [7, 11) is 0. The molecule has 4 nitrogen and oxygen atoms in total. The van der Waals surface area contributed by atoms with Gasteiger partial charge in [0.15, 0.2) is 11.6 Å². The highest BCUT2D eigenvalue weighted by Crippen LogP contribution is 2.40. The van der Waals surface area contributed by atoms with E-state index >= 15 is 0 Å². The average Bonchev–Trinajstić information content (AvgIpc) is 2.76. The maximum absolute atomic E-state index is 12.7. The fourth-order valence-electron chi connectivity index (χ4n) is 2.86. The molecule has 0 N–H and O–H groups in total. The molecule has 0 radical (unpaired) electrons. The van der Waals surface area contributed by atoms with Gasteiger partial charge in [-0.05, 0) is 30.9 Å². The van der Waals surface area contributed by atoms with E-state index in [4.69, 9.17) is 11.6 Å². The van der Waals surface area contributed by atoms with Crippen LogP contribution in [0.1, 0.15) is 35.6 Å². The normalized spacial score (nSPS) is 18.9. The lowest BCUT2D eigenvalue weighted by Crippen LogP contribution is -2.31. The van der Waals surface area contributed by atoms with Gasteiger partial charge < -0.3 is 0 Å². The van der Waals surface area contributed by atoms with Gasteiger partial charge in [-0.15, -0.1) is 0 Å². The third kappa shape index (κ3) is 2.10. The predicted octanol–water partition coefficient (Wildman–Crippen LogP) is 3.46. The molecule has 2 aromatic heterocycles. The Morgan fingerprint density at radius 2 is 2.14 bits per heavy atom. The van der Waals surface area contributed by atoms with Crippen molar-refractivity contribution in [3.05, 3.63) is 52.5 Å². The molecule has 2 heterocycles. The fraction of sp³-hybridized carbons (Fsp3) is 0.312. The Morgan fingerprint density at radius 3 is 2.76 bits per heavy atom. The van der Waals surface area contributed by atoms with Gasteiger partial charge in [0.05, 0.1) is 17.0 Å². The Morgan fingerprint density at radius 1 is 1.38 bits per heavy atom. The number of Topliss-reactive ketones (excluding diaryl/α,β-unsaturated/α-hetero) is 1. The molecule has 0 aliphatic heterocycles. The Bertz CT molecular complexity index is 744. The first-order chi connectivity index (χ1) is 9.95. The van der Waals surface area contributed by atoms with Crippen molar-refractivity contribution >= 4 is 17.4 Å². The summed E-state index contributed by atoms with van der Waals surface area (Å²) in [5.41, 5.74) is 4.01. The Labute approximate surface area is 128 Å². The van der Waals surface area contributed by atoms with Crippen LogP contribution in [-0.4, -0.2) is 20.5 Å². The summed E-state index contributed by atoms with van der Waals surface area (Å²) < 4.78 is 1.77. The number of nitrogens with zero attached hydrogens (tertiary/aromatic N) is 3. The van der Waals surface area contributed by atoms with Crippen molar-refractivity contribution < 1.29 is 4.79 Å². The quantitative estimate of drug-likeness (QED) is 0.758. The number of aromatic nitrogens is 3. The topological polar surface area (TPSA) is 47.8 Å². The molecule has 0 saturated heterocycles. The number of pyridine rings is 1. The van der Waals surface area contributed by atoms with Gasteiger partial charge in [-0.2, -0.15) is 5.10 Å². The molecule has 2 aromatic rings. The summed E-state index contributed by atoms with van der Waals surface area (Å²) in [6, 6.07) is 5.65. The lowest BCUT2D eigenvalue weighted by Gasteiger charge is -2.31. The second-order valence-corrected chi connectivity index (χ2v) is 6.14. The molecular formula is C16H16ClN3O. The van der Waals surface area contributed by atoms with Gasteiger partial charge in [0.2, 0.25) is 0 Å². The largest absolute Gasteiger partial charge is 0.289 e. The average molecular weight is 302 g/mol. The molecule has 1 aliphatic rings. The van der Waals surface area contributed by atoms with Crippen LogP contribution in [0.3, 0.4) is 0 Å².